The first-order chi connectivity index (χ1) is 14.0. The van der Waals surface area contributed by atoms with Crippen LogP contribution in [0.25, 0.3) is 0 Å². The maximum atomic E-state index is 14.5. The number of nitrogens with zero attached hydrogens (tertiary/aromatic N) is 3. The van der Waals surface area contributed by atoms with E-state index in [1.807, 2.05) is 0 Å². The minimum absolute atomic E-state index is 0.0451. The van der Waals surface area contributed by atoms with E-state index in [0.29, 0.717) is 17.1 Å². The van der Waals surface area contributed by atoms with Gasteiger partial charge in [0.25, 0.3) is 6.43 Å². The Morgan fingerprint density at radius 1 is 1.23 bits per heavy atom. The summed E-state index contributed by atoms with van der Waals surface area (Å²) < 4.78 is 45.9. The van der Waals surface area contributed by atoms with Crippen molar-refractivity contribution in [2.24, 2.45) is 0 Å². The molecule has 2 aromatic rings. The maximum Gasteiger partial charge on any atom is 0.410 e. The lowest BCUT2D eigenvalue weighted by atomic mass is 10.0. The second-order valence-corrected chi connectivity index (χ2v) is 8.36. The quantitative estimate of drug-likeness (QED) is 0.621. The predicted octanol–water partition coefficient (Wildman–Crippen LogP) is 5.63. The molecule has 0 unspecified atom stereocenters. The fourth-order valence-corrected chi connectivity index (χ4v) is 3.34. The van der Waals surface area contributed by atoms with E-state index < -0.39 is 35.5 Å². The summed E-state index contributed by atoms with van der Waals surface area (Å²) in [7, 11) is 0. The number of anilines is 1. The molecule has 0 spiro atoms. The van der Waals surface area contributed by atoms with Crippen LogP contribution in [0.4, 0.5) is 23.8 Å². The number of halogens is 4. The van der Waals surface area contributed by atoms with E-state index in [1.54, 1.807) is 27.7 Å². The highest BCUT2D eigenvalue weighted by atomic mass is 35.5. The van der Waals surface area contributed by atoms with Gasteiger partial charge in [-0.1, -0.05) is 18.2 Å². The molecule has 6 nitrogen and oxygen atoms in total. The molecule has 30 heavy (non-hydrogen) atoms. The summed E-state index contributed by atoms with van der Waals surface area (Å²) in [6.07, 6.45) is -3.43. The molecule has 0 radical (unpaired) electrons. The summed E-state index contributed by atoms with van der Waals surface area (Å²) in [5.74, 6) is -0.662. The third-order valence-corrected chi connectivity index (χ3v) is 4.69. The van der Waals surface area contributed by atoms with Crippen molar-refractivity contribution in [3.63, 3.8) is 0 Å². The number of nitrogens with one attached hydrogen (secondary N) is 1. The van der Waals surface area contributed by atoms with Crippen LogP contribution in [0, 0.1) is 5.82 Å². The first kappa shape index (κ1) is 22.1. The molecule has 1 aliphatic heterocycles. The number of hydrogen-bond donors (Lipinski definition) is 1. The molecule has 1 aliphatic rings. The Bertz CT molecular complexity index is 966. The summed E-state index contributed by atoms with van der Waals surface area (Å²) >= 11 is 6.02. The molecule has 1 aromatic carbocycles. The van der Waals surface area contributed by atoms with Crippen LogP contribution < -0.4 is 5.32 Å². The van der Waals surface area contributed by atoms with Crippen molar-refractivity contribution in [3.05, 3.63) is 51.7 Å². The van der Waals surface area contributed by atoms with Crippen molar-refractivity contribution in [2.75, 3.05) is 5.32 Å². The fraction of sp³-hybridized carbons (Fsp3) is 0.450. The molecular weight excluding hydrogens is 421 g/mol. The Morgan fingerprint density at radius 2 is 1.90 bits per heavy atom. The smallest absolute Gasteiger partial charge is 0.410 e. The third kappa shape index (κ3) is 4.77. The maximum absolute atomic E-state index is 14.5. The van der Waals surface area contributed by atoms with Gasteiger partial charge in [-0.3, -0.25) is 4.90 Å². The topological polar surface area (TPSA) is 67.4 Å². The van der Waals surface area contributed by atoms with Crippen molar-refractivity contribution < 1.29 is 22.7 Å². The van der Waals surface area contributed by atoms with Gasteiger partial charge in [0, 0.05) is 11.1 Å². The van der Waals surface area contributed by atoms with Crippen LogP contribution in [0.1, 0.15) is 62.5 Å². The molecule has 162 valence electrons. The van der Waals surface area contributed by atoms with Gasteiger partial charge in [-0.25, -0.2) is 27.9 Å². The van der Waals surface area contributed by atoms with Gasteiger partial charge in [0.1, 0.15) is 17.2 Å². The number of ether oxygens (including phenoxy) is 1. The lowest BCUT2D eigenvalue weighted by Gasteiger charge is -2.24. The molecule has 1 aromatic heterocycles. The minimum Gasteiger partial charge on any atom is -0.444 e. The fourth-order valence-electron chi connectivity index (χ4n) is 3.15. The molecular formula is C20H22ClF3N4O2. The number of hydrogen-bond acceptors (Lipinski definition) is 5. The van der Waals surface area contributed by atoms with Gasteiger partial charge in [0.05, 0.1) is 30.4 Å². The van der Waals surface area contributed by atoms with E-state index in [0.717, 1.165) is 6.07 Å². The molecule has 0 bridgehead atoms. The standard InChI is InChI=1S/C20H22ClF3N4O2/c1-10(11-6-5-7-12(15(11)22)16(23)24)25-17-13-8-28(19(29)30-20(2,3)4)9-14(13)26-18(21)27-17/h5-7,10,16H,8-9H2,1-4H3,(H,25,26,27)/t10-/m1/s1. The van der Waals surface area contributed by atoms with Gasteiger partial charge >= 0.3 is 6.09 Å². The number of aromatic nitrogens is 2. The predicted molar refractivity (Wildman–Crippen MR) is 106 cm³/mol. The number of benzene rings is 1. The van der Waals surface area contributed by atoms with Crippen LogP contribution in [-0.2, 0) is 17.8 Å². The second kappa shape index (κ2) is 8.29. The number of fused-ring (bicyclic) bond motifs is 1. The Kier molecular flexibility index (Phi) is 6.12. The van der Waals surface area contributed by atoms with Gasteiger partial charge in [0.2, 0.25) is 5.28 Å². The molecule has 1 atom stereocenters. The summed E-state index contributed by atoms with van der Waals surface area (Å²) in [4.78, 5) is 22.2. The van der Waals surface area contributed by atoms with E-state index in [-0.39, 0.29) is 23.9 Å². The van der Waals surface area contributed by atoms with Gasteiger partial charge < -0.3 is 10.1 Å². The number of rotatable bonds is 4. The Labute approximate surface area is 177 Å². The Balaban J connectivity index is 1.85. The molecule has 0 aliphatic carbocycles. The van der Waals surface area contributed by atoms with Crippen LogP contribution in [0.15, 0.2) is 18.2 Å². The third-order valence-electron chi connectivity index (χ3n) is 4.52. The molecule has 1 amide bonds. The zero-order valence-electron chi connectivity index (χ0n) is 17.0. The van der Waals surface area contributed by atoms with E-state index in [9.17, 15) is 18.0 Å². The molecule has 0 saturated carbocycles. The lowest BCUT2D eigenvalue weighted by Crippen LogP contribution is -2.33. The lowest BCUT2D eigenvalue weighted by molar-refractivity contribution is 0.0241. The van der Waals surface area contributed by atoms with E-state index in [4.69, 9.17) is 16.3 Å². The minimum atomic E-state index is -2.92. The molecule has 2 heterocycles. The average molecular weight is 443 g/mol. The Hall–Kier alpha value is -2.55. The van der Waals surface area contributed by atoms with Gasteiger partial charge in [0.15, 0.2) is 0 Å². The van der Waals surface area contributed by atoms with Crippen molar-refractivity contribution in [3.8, 4) is 0 Å². The van der Waals surface area contributed by atoms with Gasteiger partial charge in [-0.2, -0.15) is 0 Å². The summed E-state index contributed by atoms with van der Waals surface area (Å²) in [5.41, 5.74) is -0.0979. The van der Waals surface area contributed by atoms with Crippen LogP contribution in [0.3, 0.4) is 0 Å². The highest BCUT2D eigenvalue weighted by Crippen LogP contribution is 2.33. The summed E-state index contributed by atoms with van der Waals surface area (Å²) in [6.45, 7) is 7.28. The van der Waals surface area contributed by atoms with Gasteiger partial charge in [-0.15, -0.1) is 0 Å². The molecule has 0 saturated heterocycles. The molecule has 10 heteroatoms. The van der Waals surface area contributed by atoms with E-state index in [2.05, 4.69) is 15.3 Å². The number of carbonyl (C=O) groups excluding carboxylic acids is 1. The zero-order valence-corrected chi connectivity index (χ0v) is 17.7. The van der Waals surface area contributed by atoms with Crippen LogP contribution in [0.5, 0.6) is 0 Å². The first-order valence-corrected chi connectivity index (χ1v) is 9.70. The molecule has 3 rings (SSSR count). The largest absolute Gasteiger partial charge is 0.444 e. The first-order valence-electron chi connectivity index (χ1n) is 9.32. The highest BCUT2D eigenvalue weighted by molar-refractivity contribution is 6.28. The van der Waals surface area contributed by atoms with Crippen LogP contribution >= 0.6 is 11.6 Å². The molecule has 1 N–H and O–H groups in total. The summed E-state index contributed by atoms with van der Waals surface area (Å²) in [5, 5.41) is 2.97. The van der Waals surface area contributed by atoms with Crippen molar-refractivity contribution in [1.29, 1.82) is 0 Å². The second-order valence-electron chi connectivity index (χ2n) is 8.02. The zero-order chi connectivity index (χ0) is 22.2. The van der Waals surface area contributed by atoms with Crippen molar-refractivity contribution >= 4 is 23.5 Å². The Morgan fingerprint density at radius 3 is 2.53 bits per heavy atom. The van der Waals surface area contributed by atoms with E-state index >= 15 is 0 Å². The van der Waals surface area contributed by atoms with E-state index in [1.165, 1.54) is 17.0 Å². The number of amides is 1. The van der Waals surface area contributed by atoms with Gasteiger partial charge in [-0.05, 0) is 39.3 Å². The highest BCUT2D eigenvalue weighted by Gasteiger charge is 2.32. The average Bonchev–Trinajstić information content (AvgIpc) is 3.04. The summed E-state index contributed by atoms with van der Waals surface area (Å²) in [6, 6.07) is 3.16. The van der Waals surface area contributed by atoms with Crippen molar-refractivity contribution in [2.45, 2.75) is 58.9 Å². The van der Waals surface area contributed by atoms with Crippen molar-refractivity contribution in [1.82, 2.24) is 14.9 Å². The molecule has 0 fully saturated rings. The number of alkyl halides is 2. The van der Waals surface area contributed by atoms with Crippen LogP contribution in [0.2, 0.25) is 5.28 Å². The van der Waals surface area contributed by atoms with Crippen LogP contribution in [-0.4, -0.2) is 26.6 Å². The number of carbonyl (C=O) groups is 1. The normalized spacial score (nSPS) is 14.6. The SMILES string of the molecule is C[C@@H](Nc1nc(Cl)nc2c1CN(C(=O)OC(C)(C)C)C2)c1cccc(C(F)F)c1F. The monoisotopic (exact) mass is 442 g/mol.